The Kier molecular flexibility index (Phi) is 4.59. The van der Waals surface area contributed by atoms with Crippen molar-refractivity contribution in [2.75, 3.05) is 0 Å². The van der Waals surface area contributed by atoms with Crippen LogP contribution in [0.15, 0.2) is 0 Å². The summed E-state index contributed by atoms with van der Waals surface area (Å²) >= 11 is 0. The van der Waals surface area contributed by atoms with E-state index in [2.05, 4.69) is 56.8 Å². The SMILES string of the molecule is C[Si](C)ON([Si](C)(C)C)[Si](C)(C)C. The molecule has 0 amide bonds. The van der Waals surface area contributed by atoms with E-state index in [-0.39, 0.29) is 0 Å². The Morgan fingerprint density at radius 1 is 0.846 bits per heavy atom. The van der Waals surface area contributed by atoms with Crippen LogP contribution in [0.4, 0.5) is 0 Å². The van der Waals surface area contributed by atoms with Gasteiger partial charge in [0.05, 0.1) is 0 Å². The van der Waals surface area contributed by atoms with E-state index in [1.807, 2.05) is 0 Å². The van der Waals surface area contributed by atoms with Gasteiger partial charge in [0, 0.05) is 0 Å². The minimum atomic E-state index is -1.29. The van der Waals surface area contributed by atoms with Gasteiger partial charge in [0.15, 0.2) is 0 Å². The van der Waals surface area contributed by atoms with Crippen molar-refractivity contribution < 1.29 is 4.53 Å². The molecule has 0 unspecified atom stereocenters. The lowest BCUT2D eigenvalue weighted by molar-refractivity contribution is 0.105. The van der Waals surface area contributed by atoms with Gasteiger partial charge >= 0.3 is 0 Å². The molecule has 0 aromatic heterocycles. The van der Waals surface area contributed by atoms with Gasteiger partial charge < -0.3 is 4.53 Å². The van der Waals surface area contributed by atoms with Crippen LogP contribution in [0.1, 0.15) is 0 Å². The monoisotopic (exact) mass is 234 g/mol. The first-order chi connectivity index (χ1) is 5.55. The fraction of sp³-hybridized carbons (Fsp3) is 1.00. The maximum absolute atomic E-state index is 6.04. The molecule has 0 fully saturated rings. The van der Waals surface area contributed by atoms with Crippen LogP contribution in [0, 0.1) is 0 Å². The van der Waals surface area contributed by atoms with Crippen molar-refractivity contribution in [2.45, 2.75) is 52.4 Å². The van der Waals surface area contributed by atoms with Gasteiger partial charge in [-0.3, -0.25) is 0 Å². The fourth-order valence-electron chi connectivity index (χ4n) is 1.46. The molecule has 0 bridgehead atoms. The van der Waals surface area contributed by atoms with Crippen LogP contribution in [0.5, 0.6) is 0 Å². The molecule has 0 saturated carbocycles. The van der Waals surface area contributed by atoms with Gasteiger partial charge in [0.2, 0.25) is 9.04 Å². The molecule has 0 rings (SSSR count). The molecule has 0 saturated heterocycles. The molecular formula is C8H24NOSi3. The first-order valence-electron chi connectivity index (χ1n) is 4.83. The summed E-state index contributed by atoms with van der Waals surface area (Å²) < 4.78 is 8.43. The van der Waals surface area contributed by atoms with Gasteiger partial charge in [-0.1, -0.05) is 39.3 Å². The zero-order valence-electron chi connectivity index (χ0n) is 10.4. The van der Waals surface area contributed by atoms with Crippen molar-refractivity contribution in [3.63, 3.8) is 0 Å². The third kappa shape index (κ3) is 5.12. The molecule has 1 radical (unpaired) electrons. The summed E-state index contributed by atoms with van der Waals surface area (Å²) in [5, 5.41) is 0. The smallest absolute Gasteiger partial charge is 0.233 e. The van der Waals surface area contributed by atoms with Crippen molar-refractivity contribution in [3.8, 4) is 0 Å². The summed E-state index contributed by atoms with van der Waals surface area (Å²) in [5.74, 6) is 0. The largest absolute Gasteiger partial charge is 0.357 e. The lowest BCUT2D eigenvalue weighted by Gasteiger charge is -2.43. The number of nitrogens with zero attached hydrogens (tertiary/aromatic N) is 1. The maximum Gasteiger partial charge on any atom is 0.233 e. The third-order valence-electron chi connectivity index (χ3n) is 1.49. The number of hydrogen-bond acceptors (Lipinski definition) is 2. The van der Waals surface area contributed by atoms with Crippen molar-refractivity contribution in [1.29, 1.82) is 0 Å². The Hall–Kier alpha value is 0.571. The average Bonchev–Trinajstić information content (AvgIpc) is 1.77. The summed E-state index contributed by atoms with van der Waals surface area (Å²) in [7, 11) is -3.18. The predicted molar refractivity (Wildman–Crippen MR) is 67.1 cm³/mol. The highest BCUT2D eigenvalue weighted by atomic mass is 28.4. The fourth-order valence-corrected chi connectivity index (χ4v) is 13.2. The molecule has 0 heterocycles. The highest BCUT2D eigenvalue weighted by Crippen LogP contribution is 2.20. The van der Waals surface area contributed by atoms with E-state index in [4.69, 9.17) is 4.53 Å². The highest BCUT2D eigenvalue weighted by molar-refractivity contribution is 6.89. The first-order valence-corrected chi connectivity index (χ1v) is 14.1. The molecule has 0 aliphatic rings. The van der Waals surface area contributed by atoms with E-state index in [1.165, 1.54) is 0 Å². The van der Waals surface area contributed by atoms with Crippen LogP contribution < -0.4 is 0 Å². The third-order valence-corrected chi connectivity index (χ3v) is 9.05. The van der Waals surface area contributed by atoms with Crippen molar-refractivity contribution in [2.24, 2.45) is 0 Å². The van der Waals surface area contributed by atoms with Gasteiger partial charge in [-0.05, 0) is 13.1 Å². The summed E-state index contributed by atoms with van der Waals surface area (Å²) in [6.07, 6.45) is 0. The van der Waals surface area contributed by atoms with E-state index in [9.17, 15) is 0 Å². The van der Waals surface area contributed by atoms with E-state index in [0.29, 0.717) is 0 Å². The normalized spacial score (nSPS) is 14.3. The summed E-state index contributed by atoms with van der Waals surface area (Å²) in [6.45, 7) is 18.6. The number of hydrogen-bond donors (Lipinski definition) is 0. The lowest BCUT2D eigenvalue weighted by Crippen LogP contribution is -2.60. The van der Waals surface area contributed by atoms with Crippen molar-refractivity contribution in [1.82, 2.24) is 4.39 Å². The molecule has 0 aliphatic heterocycles. The molecule has 0 atom stereocenters. The average molecular weight is 235 g/mol. The van der Waals surface area contributed by atoms with E-state index < -0.39 is 25.5 Å². The molecule has 0 aromatic carbocycles. The van der Waals surface area contributed by atoms with E-state index >= 15 is 0 Å². The zero-order chi connectivity index (χ0) is 10.9. The molecule has 0 aliphatic carbocycles. The molecule has 0 aromatic rings. The molecule has 0 spiro atoms. The van der Waals surface area contributed by atoms with Crippen LogP contribution in [0.3, 0.4) is 0 Å². The van der Waals surface area contributed by atoms with Crippen LogP contribution in [-0.2, 0) is 4.53 Å². The van der Waals surface area contributed by atoms with Gasteiger partial charge in [-0.25, -0.2) is 4.39 Å². The topological polar surface area (TPSA) is 12.5 Å². The molecular weight excluding hydrogens is 210 g/mol. The quantitative estimate of drug-likeness (QED) is 0.547. The molecule has 13 heavy (non-hydrogen) atoms. The second-order valence-electron chi connectivity index (χ2n) is 5.64. The Morgan fingerprint density at radius 3 is 1.23 bits per heavy atom. The van der Waals surface area contributed by atoms with Crippen LogP contribution in [-0.4, -0.2) is 29.9 Å². The van der Waals surface area contributed by atoms with Gasteiger partial charge in [0.25, 0.3) is 0 Å². The second kappa shape index (κ2) is 4.39. The second-order valence-corrected chi connectivity index (χ2v) is 17.6. The molecule has 2 nitrogen and oxygen atoms in total. The van der Waals surface area contributed by atoms with E-state index in [1.54, 1.807) is 0 Å². The van der Waals surface area contributed by atoms with Gasteiger partial charge in [-0.15, -0.1) is 0 Å². The lowest BCUT2D eigenvalue weighted by atomic mass is 11.8. The Labute approximate surface area is 87.1 Å². The minimum absolute atomic E-state index is 0.603. The summed E-state index contributed by atoms with van der Waals surface area (Å²) in [5.41, 5.74) is 0. The van der Waals surface area contributed by atoms with Crippen molar-refractivity contribution >= 4 is 25.5 Å². The van der Waals surface area contributed by atoms with Gasteiger partial charge in [0.1, 0.15) is 16.5 Å². The van der Waals surface area contributed by atoms with Crippen LogP contribution >= 0.6 is 0 Å². The molecule has 5 heteroatoms. The number of rotatable bonds is 4. The first kappa shape index (κ1) is 13.6. The highest BCUT2D eigenvalue weighted by Gasteiger charge is 2.36. The maximum atomic E-state index is 6.04. The summed E-state index contributed by atoms with van der Waals surface area (Å²) in [4.78, 5) is 0. The molecule has 0 N–H and O–H groups in total. The summed E-state index contributed by atoms with van der Waals surface area (Å²) in [6, 6.07) is 0. The Balaban J connectivity index is 4.58. The Bertz CT molecular complexity index is 146. The van der Waals surface area contributed by atoms with Gasteiger partial charge in [-0.2, -0.15) is 0 Å². The predicted octanol–water partition coefficient (Wildman–Crippen LogP) is 3.14. The Morgan fingerprint density at radius 2 is 1.15 bits per heavy atom. The molecule has 79 valence electrons. The van der Waals surface area contributed by atoms with Crippen LogP contribution in [0.25, 0.3) is 0 Å². The zero-order valence-corrected chi connectivity index (χ0v) is 13.4. The van der Waals surface area contributed by atoms with Crippen LogP contribution in [0.2, 0.25) is 52.4 Å². The van der Waals surface area contributed by atoms with E-state index in [0.717, 1.165) is 0 Å². The standard InChI is InChI=1S/C8H24NOSi3/c1-11(2)10-9(12(3,4)5)13(6,7)8/h1-8H3. The van der Waals surface area contributed by atoms with Crippen molar-refractivity contribution in [3.05, 3.63) is 0 Å². The minimum Gasteiger partial charge on any atom is -0.357 e.